The van der Waals surface area contributed by atoms with E-state index in [0.29, 0.717) is 0 Å². The highest BCUT2D eigenvalue weighted by Crippen LogP contribution is 1.88. The fourth-order valence-corrected chi connectivity index (χ4v) is 0.355. The van der Waals surface area contributed by atoms with Crippen LogP contribution in [0, 0.1) is 0 Å². The van der Waals surface area contributed by atoms with Gasteiger partial charge in [0.1, 0.15) is 5.70 Å². The molecule has 1 heterocycles. The van der Waals surface area contributed by atoms with Gasteiger partial charge in [0.15, 0.2) is 5.94 Å². The molecule has 0 saturated heterocycles. The molecule has 0 bridgehead atoms. The molecule has 0 atom stereocenters. The third-order valence-corrected chi connectivity index (χ3v) is 0.662. The van der Waals surface area contributed by atoms with Crippen molar-refractivity contribution in [3.8, 4) is 0 Å². The second kappa shape index (κ2) is 1.60. The molecule has 1 aliphatic heterocycles. The van der Waals surface area contributed by atoms with Crippen molar-refractivity contribution in [3.63, 3.8) is 0 Å². The molecular formula is C4H2N2O2. The molecule has 0 aromatic rings. The molecular weight excluding hydrogens is 108 g/mol. The highest BCUT2D eigenvalue weighted by atomic mass is 16.2. The minimum atomic E-state index is -0.511. The summed E-state index contributed by atoms with van der Waals surface area (Å²) >= 11 is 0. The van der Waals surface area contributed by atoms with Crippen LogP contribution in [0.25, 0.3) is 0 Å². The Balaban J connectivity index is 2.88. The average molecular weight is 110 g/mol. The van der Waals surface area contributed by atoms with Gasteiger partial charge in [-0.25, -0.2) is 9.59 Å². The molecule has 4 heteroatoms. The van der Waals surface area contributed by atoms with E-state index in [0.717, 1.165) is 6.21 Å². The minimum Gasteiger partial charge on any atom is -0.295 e. The number of aliphatic imine (C=N–C) groups is 1. The van der Waals surface area contributed by atoms with E-state index in [4.69, 9.17) is 0 Å². The number of allylic oxidation sites excluding steroid dienone is 1. The van der Waals surface area contributed by atoms with E-state index in [2.05, 4.69) is 10.3 Å². The van der Waals surface area contributed by atoms with Crippen molar-refractivity contribution >= 4 is 18.2 Å². The van der Waals surface area contributed by atoms with E-state index in [1.165, 1.54) is 5.94 Å². The number of nitrogens with zero attached hydrogens (tertiary/aromatic N) is 1. The first-order valence-corrected chi connectivity index (χ1v) is 1.93. The lowest BCUT2D eigenvalue weighted by atomic mass is 10.6. The van der Waals surface area contributed by atoms with Crippen LogP contribution in [0.5, 0.6) is 0 Å². The SMILES string of the molecule is O=C=C1C=NC(=O)N1. The molecule has 1 N–H and O–H groups in total. The van der Waals surface area contributed by atoms with Crippen LogP contribution in [-0.2, 0) is 4.79 Å². The molecule has 2 amide bonds. The Hall–Kier alpha value is -1.41. The van der Waals surface area contributed by atoms with Gasteiger partial charge in [-0.3, -0.25) is 5.32 Å². The predicted octanol–water partition coefficient (Wildman–Crippen LogP) is -0.504. The topological polar surface area (TPSA) is 58.5 Å². The van der Waals surface area contributed by atoms with Crippen LogP contribution in [0.1, 0.15) is 0 Å². The molecule has 1 rings (SSSR count). The largest absolute Gasteiger partial charge is 0.346 e. The minimum absolute atomic E-state index is 0.0926. The van der Waals surface area contributed by atoms with E-state index in [1.807, 2.05) is 0 Å². The van der Waals surface area contributed by atoms with Gasteiger partial charge in [0, 0.05) is 0 Å². The van der Waals surface area contributed by atoms with Crippen LogP contribution in [0.4, 0.5) is 4.79 Å². The number of hydrogen-bond acceptors (Lipinski definition) is 2. The summed E-state index contributed by atoms with van der Waals surface area (Å²) in [6.45, 7) is 0. The van der Waals surface area contributed by atoms with Crippen molar-refractivity contribution in [1.82, 2.24) is 5.32 Å². The molecule has 0 aromatic carbocycles. The standard InChI is InChI=1S/C4H2N2O2/c7-2-3-1-5-4(8)6-3/h1H,(H,6,8). The molecule has 8 heavy (non-hydrogen) atoms. The van der Waals surface area contributed by atoms with Gasteiger partial charge in [-0.05, 0) is 0 Å². The summed E-state index contributed by atoms with van der Waals surface area (Å²) in [4.78, 5) is 23.0. The molecule has 40 valence electrons. The summed E-state index contributed by atoms with van der Waals surface area (Å²) in [7, 11) is 0. The van der Waals surface area contributed by atoms with Gasteiger partial charge in [0.25, 0.3) is 0 Å². The highest BCUT2D eigenvalue weighted by Gasteiger charge is 2.06. The van der Waals surface area contributed by atoms with E-state index in [9.17, 15) is 9.59 Å². The van der Waals surface area contributed by atoms with E-state index in [-0.39, 0.29) is 5.70 Å². The molecule has 0 fully saturated rings. The van der Waals surface area contributed by atoms with Crippen molar-refractivity contribution in [1.29, 1.82) is 0 Å². The van der Waals surface area contributed by atoms with Crippen molar-refractivity contribution in [3.05, 3.63) is 5.70 Å². The maximum atomic E-state index is 10.1. The first-order valence-electron chi connectivity index (χ1n) is 1.93. The van der Waals surface area contributed by atoms with Gasteiger partial charge < -0.3 is 0 Å². The Morgan fingerprint density at radius 2 is 2.50 bits per heavy atom. The Morgan fingerprint density at radius 1 is 1.75 bits per heavy atom. The quantitative estimate of drug-likeness (QED) is 0.427. The van der Waals surface area contributed by atoms with Gasteiger partial charge in [-0.2, -0.15) is 4.99 Å². The Morgan fingerprint density at radius 3 is 2.75 bits per heavy atom. The number of urea groups is 1. The number of hydrogen-bond donors (Lipinski definition) is 1. The zero-order valence-electron chi connectivity index (χ0n) is 3.84. The van der Waals surface area contributed by atoms with Crippen molar-refractivity contribution < 1.29 is 9.59 Å². The molecule has 0 radical (unpaired) electrons. The average Bonchev–Trinajstić information content (AvgIpc) is 2.14. The third-order valence-electron chi connectivity index (χ3n) is 0.662. The number of nitrogens with one attached hydrogen (secondary N) is 1. The number of carbonyl (C=O) groups is 1. The molecule has 0 aromatic heterocycles. The molecule has 1 aliphatic rings. The summed E-state index contributed by atoms with van der Waals surface area (Å²) < 4.78 is 0. The lowest BCUT2D eigenvalue weighted by molar-refractivity contribution is 0.253. The van der Waals surface area contributed by atoms with Crippen molar-refractivity contribution in [2.75, 3.05) is 0 Å². The molecule has 0 spiro atoms. The maximum absolute atomic E-state index is 10.1. The number of amides is 2. The maximum Gasteiger partial charge on any atom is 0.346 e. The highest BCUT2D eigenvalue weighted by molar-refractivity contribution is 6.04. The zero-order valence-corrected chi connectivity index (χ0v) is 3.84. The van der Waals surface area contributed by atoms with Gasteiger partial charge in [-0.1, -0.05) is 0 Å². The van der Waals surface area contributed by atoms with Crippen LogP contribution in [-0.4, -0.2) is 18.2 Å². The van der Waals surface area contributed by atoms with Crippen molar-refractivity contribution in [2.24, 2.45) is 4.99 Å². The van der Waals surface area contributed by atoms with Gasteiger partial charge >= 0.3 is 6.03 Å². The lowest BCUT2D eigenvalue weighted by Crippen LogP contribution is -2.11. The predicted molar refractivity (Wildman–Crippen MR) is 26.2 cm³/mol. The fraction of sp³-hybridized carbons (Fsp3) is 0. The van der Waals surface area contributed by atoms with Crippen LogP contribution < -0.4 is 5.32 Å². The monoisotopic (exact) mass is 110 g/mol. The molecule has 0 unspecified atom stereocenters. The zero-order chi connectivity index (χ0) is 5.98. The van der Waals surface area contributed by atoms with Gasteiger partial charge in [0.05, 0.1) is 6.21 Å². The summed E-state index contributed by atoms with van der Waals surface area (Å²) in [6, 6.07) is -0.511. The van der Waals surface area contributed by atoms with E-state index >= 15 is 0 Å². The first kappa shape index (κ1) is 4.74. The van der Waals surface area contributed by atoms with Crippen LogP contribution in [0.2, 0.25) is 0 Å². The summed E-state index contributed by atoms with van der Waals surface area (Å²) in [5.41, 5.74) is 0.0926. The third kappa shape index (κ3) is 0.643. The fourth-order valence-electron chi connectivity index (χ4n) is 0.355. The summed E-state index contributed by atoms with van der Waals surface area (Å²) in [5.74, 6) is 1.48. The summed E-state index contributed by atoms with van der Waals surface area (Å²) in [5, 5.41) is 2.14. The smallest absolute Gasteiger partial charge is 0.295 e. The van der Waals surface area contributed by atoms with E-state index < -0.39 is 6.03 Å². The Bertz CT molecular complexity index is 200. The summed E-state index contributed by atoms with van der Waals surface area (Å²) in [6.07, 6.45) is 1.13. The Labute approximate surface area is 44.9 Å². The lowest BCUT2D eigenvalue weighted by Gasteiger charge is -1.80. The van der Waals surface area contributed by atoms with E-state index in [1.54, 1.807) is 0 Å². The normalized spacial score (nSPS) is 16.0. The Kier molecular flexibility index (Phi) is 0.946. The second-order valence-corrected chi connectivity index (χ2v) is 1.20. The van der Waals surface area contributed by atoms with Gasteiger partial charge in [-0.15, -0.1) is 0 Å². The number of rotatable bonds is 0. The van der Waals surface area contributed by atoms with Crippen LogP contribution in [0.15, 0.2) is 10.7 Å². The molecule has 0 saturated carbocycles. The van der Waals surface area contributed by atoms with Crippen LogP contribution >= 0.6 is 0 Å². The van der Waals surface area contributed by atoms with Crippen LogP contribution in [0.3, 0.4) is 0 Å². The molecule has 4 nitrogen and oxygen atoms in total. The first-order chi connectivity index (χ1) is 3.83. The number of carbonyl (C=O) groups excluding carboxylic acids is 2. The molecule has 0 aliphatic carbocycles. The second-order valence-electron chi connectivity index (χ2n) is 1.20. The van der Waals surface area contributed by atoms with Gasteiger partial charge in [0.2, 0.25) is 0 Å². The van der Waals surface area contributed by atoms with Crippen molar-refractivity contribution in [2.45, 2.75) is 0 Å².